The smallest absolute Gasteiger partial charge is 0.253 e. The zero-order chi connectivity index (χ0) is 19.0. The highest BCUT2D eigenvalue weighted by Crippen LogP contribution is 2.34. The highest BCUT2D eigenvalue weighted by atomic mass is 16.2. The second-order valence-electron chi connectivity index (χ2n) is 7.57. The second-order valence-corrected chi connectivity index (χ2v) is 7.57. The molecule has 27 heavy (non-hydrogen) atoms. The Balaban J connectivity index is 1.57. The summed E-state index contributed by atoms with van der Waals surface area (Å²) in [5.74, 6) is 0.0613. The molecule has 2 aromatic rings. The molecule has 0 aliphatic heterocycles. The minimum absolute atomic E-state index is 0.0284. The largest absolute Gasteiger partial charge is 0.399 e. The number of nitrogens with one attached hydrogen (secondary N) is 1. The number of hydrogen-bond donors (Lipinski definition) is 2. The van der Waals surface area contributed by atoms with Crippen molar-refractivity contribution in [2.75, 3.05) is 17.7 Å². The van der Waals surface area contributed by atoms with Gasteiger partial charge in [0, 0.05) is 18.7 Å². The van der Waals surface area contributed by atoms with Crippen molar-refractivity contribution in [3.05, 3.63) is 59.2 Å². The normalized spacial score (nSPS) is 18.5. The molecule has 140 valence electrons. The molecule has 2 aliphatic rings. The lowest BCUT2D eigenvalue weighted by Gasteiger charge is -2.27. The van der Waals surface area contributed by atoms with Crippen LogP contribution in [0.15, 0.2) is 42.5 Å². The maximum absolute atomic E-state index is 13.0. The van der Waals surface area contributed by atoms with Crippen LogP contribution in [0.1, 0.15) is 53.2 Å². The van der Waals surface area contributed by atoms with Gasteiger partial charge < -0.3 is 16.0 Å². The first-order chi connectivity index (χ1) is 13.0. The molecule has 2 aliphatic carbocycles. The third-order valence-corrected chi connectivity index (χ3v) is 5.55. The number of para-hydroxylation sites is 1. The Labute approximate surface area is 159 Å². The lowest BCUT2D eigenvalue weighted by Crippen LogP contribution is -2.34. The van der Waals surface area contributed by atoms with Crippen LogP contribution in [-0.4, -0.2) is 18.9 Å². The molecule has 3 N–H and O–H groups in total. The van der Waals surface area contributed by atoms with Gasteiger partial charge in [-0.2, -0.15) is 0 Å². The summed E-state index contributed by atoms with van der Waals surface area (Å²) in [5.41, 5.74) is 10.2. The van der Waals surface area contributed by atoms with Crippen LogP contribution in [0.2, 0.25) is 0 Å². The van der Waals surface area contributed by atoms with E-state index in [0.29, 0.717) is 11.3 Å². The molecule has 0 spiro atoms. The Morgan fingerprint density at radius 1 is 1.11 bits per heavy atom. The number of nitrogens with zero attached hydrogens (tertiary/aromatic N) is 1. The van der Waals surface area contributed by atoms with Gasteiger partial charge in [-0.15, -0.1) is 0 Å². The number of nitrogen functional groups attached to an aromatic ring is 1. The molecule has 1 unspecified atom stereocenters. The molecule has 2 aromatic carbocycles. The molecule has 4 rings (SSSR count). The van der Waals surface area contributed by atoms with Gasteiger partial charge in [-0.3, -0.25) is 9.59 Å². The number of nitrogens with two attached hydrogens (primary N) is 1. The lowest BCUT2D eigenvalue weighted by atomic mass is 9.87. The van der Waals surface area contributed by atoms with Crippen LogP contribution in [0.5, 0.6) is 0 Å². The number of amides is 2. The van der Waals surface area contributed by atoms with Crippen molar-refractivity contribution >= 4 is 23.2 Å². The summed E-state index contributed by atoms with van der Waals surface area (Å²) in [7, 11) is 1.76. The van der Waals surface area contributed by atoms with Crippen molar-refractivity contribution in [1.29, 1.82) is 0 Å². The van der Waals surface area contributed by atoms with Crippen molar-refractivity contribution in [2.45, 2.75) is 38.1 Å². The molecule has 1 atom stereocenters. The molecule has 1 saturated carbocycles. The molecule has 0 radical (unpaired) electrons. The molecule has 5 nitrogen and oxygen atoms in total. The van der Waals surface area contributed by atoms with Gasteiger partial charge in [-0.05, 0) is 67.5 Å². The molecular formula is C22H25N3O2. The number of aryl methyl sites for hydroxylation is 1. The fourth-order valence-electron chi connectivity index (χ4n) is 3.90. The van der Waals surface area contributed by atoms with E-state index < -0.39 is 0 Å². The number of fused-ring (bicyclic) bond motifs is 1. The number of hydrogen-bond acceptors (Lipinski definition) is 3. The number of carbonyl (C=O) groups excluding carboxylic acids is 2. The average Bonchev–Trinajstić information content (AvgIpc) is 3.52. The van der Waals surface area contributed by atoms with Crippen LogP contribution < -0.4 is 16.0 Å². The van der Waals surface area contributed by atoms with Gasteiger partial charge in [0.2, 0.25) is 5.91 Å². The topological polar surface area (TPSA) is 75.4 Å². The van der Waals surface area contributed by atoms with E-state index in [1.54, 1.807) is 18.0 Å². The predicted octanol–water partition coefficient (Wildman–Crippen LogP) is 3.45. The fraction of sp³-hybridized carbons (Fsp3) is 0.364. The van der Waals surface area contributed by atoms with Gasteiger partial charge >= 0.3 is 0 Å². The average molecular weight is 363 g/mol. The zero-order valence-electron chi connectivity index (χ0n) is 15.6. The molecule has 1 fully saturated rings. The summed E-state index contributed by atoms with van der Waals surface area (Å²) >= 11 is 0. The number of carbonyl (C=O) groups is 2. The number of rotatable bonds is 4. The van der Waals surface area contributed by atoms with E-state index in [9.17, 15) is 9.59 Å². The van der Waals surface area contributed by atoms with Crippen LogP contribution >= 0.6 is 0 Å². The Hall–Kier alpha value is -2.82. The molecule has 2 amide bonds. The summed E-state index contributed by atoms with van der Waals surface area (Å²) < 4.78 is 0. The van der Waals surface area contributed by atoms with Crippen molar-refractivity contribution in [2.24, 2.45) is 5.92 Å². The Kier molecular flexibility index (Phi) is 4.60. The highest BCUT2D eigenvalue weighted by molar-refractivity contribution is 6.05. The Bertz CT molecular complexity index is 889. The van der Waals surface area contributed by atoms with Crippen molar-refractivity contribution < 1.29 is 9.59 Å². The van der Waals surface area contributed by atoms with Gasteiger partial charge in [0.25, 0.3) is 5.91 Å². The van der Waals surface area contributed by atoms with E-state index in [4.69, 9.17) is 5.73 Å². The van der Waals surface area contributed by atoms with Gasteiger partial charge in [-0.25, -0.2) is 0 Å². The molecule has 0 bridgehead atoms. The zero-order valence-corrected chi connectivity index (χ0v) is 15.6. The SMILES string of the molecule is CN(C(=O)C1CC1)c1ccccc1C(=O)NC1CCCc2cc(N)ccc21. The monoisotopic (exact) mass is 363 g/mol. The van der Waals surface area contributed by atoms with Crippen molar-refractivity contribution in [3.63, 3.8) is 0 Å². The molecule has 0 heterocycles. The van der Waals surface area contributed by atoms with Crippen LogP contribution in [0.4, 0.5) is 11.4 Å². The van der Waals surface area contributed by atoms with Crippen molar-refractivity contribution in [3.8, 4) is 0 Å². The maximum atomic E-state index is 13.0. The maximum Gasteiger partial charge on any atom is 0.253 e. The lowest BCUT2D eigenvalue weighted by molar-refractivity contribution is -0.119. The first-order valence-electron chi connectivity index (χ1n) is 9.60. The van der Waals surface area contributed by atoms with E-state index in [0.717, 1.165) is 43.4 Å². The van der Waals surface area contributed by atoms with Crippen LogP contribution in [0.3, 0.4) is 0 Å². The van der Waals surface area contributed by atoms with E-state index in [-0.39, 0.29) is 23.8 Å². The van der Waals surface area contributed by atoms with Gasteiger partial charge in [0.05, 0.1) is 17.3 Å². The van der Waals surface area contributed by atoms with Crippen LogP contribution in [0.25, 0.3) is 0 Å². The van der Waals surface area contributed by atoms with Crippen LogP contribution in [0, 0.1) is 5.92 Å². The number of anilines is 2. The predicted molar refractivity (Wildman–Crippen MR) is 107 cm³/mol. The van der Waals surface area contributed by atoms with Gasteiger partial charge in [0.15, 0.2) is 0 Å². The van der Waals surface area contributed by atoms with Gasteiger partial charge in [0.1, 0.15) is 0 Å². The summed E-state index contributed by atoms with van der Waals surface area (Å²) in [5, 5.41) is 3.17. The quantitative estimate of drug-likeness (QED) is 0.817. The van der Waals surface area contributed by atoms with E-state index in [1.807, 2.05) is 36.4 Å². The summed E-state index contributed by atoms with van der Waals surface area (Å²) in [4.78, 5) is 27.1. The summed E-state index contributed by atoms with van der Waals surface area (Å²) in [6, 6.07) is 13.2. The third kappa shape index (κ3) is 3.54. The van der Waals surface area contributed by atoms with E-state index >= 15 is 0 Å². The minimum atomic E-state index is -0.143. The Morgan fingerprint density at radius 2 is 1.89 bits per heavy atom. The molecular weight excluding hydrogens is 338 g/mol. The van der Waals surface area contributed by atoms with Gasteiger partial charge in [-0.1, -0.05) is 18.2 Å². The fourth-order valence-corrected chi connectivity index (χ4v) is 3.90. The van der Waals surface area contributed by atoms with E-state index in [1.165, 1.54) is 5.56 Å². The van der Waals surface area contributed by atoms with Crippen molar-refractivity contribution in [1.82, 2.24) is 5.32 Å². The molecule has 0 aromatic heterocycles. The highest BCUT2D eigenvalue weighted by Gasteiger charge is 2.33. The number of benzene rings is 2. The standard InChI is InChI=1S/C22H25N3O2/c1-25(22(27)14-9-10-14)20-8-3-2-6-18(20)21(26)24-19-7-4-5-15-13-16(23)11-12-17(15)19/h2-3,6,8,11-14,19H,4-5,7,9-10,23H2,1H3,(H,24,26). The Morgan fingerprint density at radius 3 is 2.67 bits per heavy atom. The minimum Gasteiger partial charge on any atom is -0.399 e. The second kappa shape index (κ2) is 7.06. The summed E-state index contributed by atoms with van der Waals surface area (Å²) in [6.45, 7) is 0. The first kappa shape index (κ1) is 17.6. The first-order valence-corrected chi connectivity index (χ1v) is 9.60. The van der Waals surface area contributed by atoms with Crippen LogP contribution in [-0.2, 0) is 11.2 Å². The third-order valence-electron chi connectivity index (χ3n) is 5.55. The molecule has 0 saturated heterocycles. The molecule has 5 heteroatoms. The summed E-state index contributed by atoms with van der Waals surface area (Å²) in [6.07, 6.45) is 4.80. The van der Waals surface area contributed by atoms with E-state index in [2.05, 4.69) is 5.32 Å².